The zero-order valence-electron chi connectivity index (χ0n) is 13.3. The summed E-state index contributed by atoms with van der Waals surface area (Å²) in [6.07, 6.45) is -3.41. The van der Waals surface area contributed by atoms with Crippen LogP contribution in [0.3, 0.4) is 0 Å². The number of thioether (sulfide) groups is 1. The number of alkyl halides is 3. The predicted octanol–water partition coefficient (Wildman–Crippen LogP) is 4.13. The fourth-order valence-corrected chi connectivity index (χ4v) is 3.20. The Hall–Kier alpha value is -3.14. The molecule has 10 heteroatoms. The van der Waals surface area contributed by atoms with Crippen LogP contribution in [0.4, 0.5) is 13.2 Å². The summed E-state index contributed by atoms with van der Waals surface area (Å²) in [5, 5.41) is 10.6. The van der Waals surface area contributed by atoms with Gasteiger partial charge in [0.05, 0.1) is 5.57 Å². The van der Waals surface area contributed by atoms with Crippen LogP contribution in [-0.2, 0) is 4.79 Å². The van der Waals surface area contributed by atoms with Crippen LogP contribution in [0.15, 0.2) is 62.5 Å². The Morgan fingerprint density at radius 2 is 1.89 bits per heavy atom. The minimum atomic E-state index is -4.68. The molecule has 2 aliphatic heterocycles. The lowest BCUT2D eigenvalue weighted by Gasteiger charge is -2.19. The second-order valence-electron chi connectivity index (χ2n) is 5.49. The van der Waals surface area contributed by atoms with Crippen molar-refractivity contribution in [3.63, 3.8) is 0 Å². The molecule has 136 valence electrons. The summed E-state index contributed by atoms with van der Waals surface area (Å²) in [5.41, 5.74) is 0.614. The van der Waals surface area contributed by atoms with Crippen LogP contribution in [0.25, 0.3) is 17.4 Å². The summed E-state index contributed by atoms with van der Waals surface area (Å²) >= 11 is 0.207. The highest BCUT2D eigenvalue weighted by atomic mass is 32.2. The molecular weight excluding hydrogens is 381 g/mol. The van der Waals surface area contributed by atoms with Gasteiger partial charge in [-0.2, -0.15) is 28.3 Å². The van der Waals surface area contributed by atoms with Gasteiger partial charge in [-0.15, -0.1) is 0 Å². The second kappa shape index (κ2) is 6.23. The van der Waals surface area contributed by atoms with E-state index < -0.39 is 23.0 Å². The molecule has 2 aliphatic rings. The maximum atomic E-state index is 12.8. The van der Waals surface area contributed by atoms with Gasteiger partial charge in [-0.05, 0) is 30.0 Å². The molecule has 27 heavy (non-hydrogen) atoms. The van der Waals surface area contributed by atoms with Gasteiger partial charge in [-0.25, -0.2) is 0 Å². The number of aliphatic imine (C=N–C) groups is 1. The zero-order chi connectivity index (χ0) is 19.2. The smallest absolute Gasteiger partial charge is 0.441 e. The van der Waals surface area contributed by atoms with E-state index in [1.165, 1.54) is 6.08 Å². The van der Waals surface area contributed by atoms with Crippen LogP contribution >= 0.6 is 11.8 Å². The van der Waals surface area contributed by atoms with E-state index in [1.54, 1.807) is 12.1 Å². The summed E-state index contributed by atoms with van der Waals surface area (Å²) in [6, 6.07) is 12.5. The number of nitrogens with zero attached hydrogens (tertiary/aromatic N) is 3. The number of nitrogens with one attached hydrogen (secondary N) is 1. The van der Waals surface area contributed by atoms with E-state index in [1.807, 2.05) is 30.3 Å². The molecule has 0 spiro atoms. The highest BCUT2D eigenvalue weighted by molar-refractivity contribution is 8.27. The van der Waals surface area contributed by atoms with E-state index in [0.717, 1.165) is 5.56 Å². The highest BCUT2D eigenvalue weighted by Gasteiger charge is 2.46. The Kier molecular flexibility index (Phi) is 3.99. The van der Waals surface area contributed by atoms with Gasteiger partial charge >= 0.3 is 6.18 Å². The molecule has 0 unspecified atom stereocenters. The van der Waals surface area contributed by atoms with E-state index in [2.05, 4.69) is 10.1 Å². The first-order chi connectivity index (χ1) is 12.8. The first-order valence-corrected chi connectivity index (χ1v) is 8.37. The molecule has 1 amide bonds. The quantitative estimate of drug-likeness (QED) is 0.782. The Labute approximate surface area is 154 Å². The van der Waals surface area contributed by atoms with Crippen LogP contribution in [0.5, 0.6) is 0 Å². The van der Waals surface area contributed by atoms with Crippen LogP contribution in [0.1, 0.15) is 5.76 Å². The van der Waals surface area contributed by atoms with Gasteiger partial charge < -0.3 is 4.42 Å². The van der Waals surface area contributed by atoms with Crippen molar-refractivity contribution in [2.45, 2.75) is 6.18 Å². The molecule has 0 saturated heterocycles. The highest BCUT2D eigenvalue weighted by Crippen LogP contribution is 2.35. The van der Waals surface area contributed by atoms with Gasteiger partial charge in [0.15, 0.2) is 5.84 Å². The van der Waals surface area contributed by atoms with Crippen LogP contribution < -0.4 is 0 Å². The number of hydrogen-bond acceptors (Lipinski definition) is 5. The number of benzene rings is 1. The Bertz CT molecular complexity index is 1040. The number of hydrazone groups is 1. The first kappa shape index (κ1) is 17.3. The predicted molar refractivity (Wildman–Crippen MR) is 95.2 cm³/mol. The average molecular weight is 390 g/mol. The number of carbonyl (C=O) groups excluding carboxylic acids is 1. The van der Waals surface area contributed by atoms with E-state index >= 15 is 0 Å². The topological polar surface area (TPSA) is 82.0 Å². The van der Waals surface area contributed by atoms with Gasteiger partial charge in [0, 0.05) is 5.56 Å². The van der Waals surface area contributed by atoms with Crippen LogP contribution in [-0.4, -0.2) is 33.1 Å². The lowest BCUT2D eigenvalue weighted by Crippen LogP contribution is -2.35. The second-order valence-corrected chi connectivity index (χ2v) is 6.45. The monoisotopic (exact) mass is 390 g/mol. The molecule has 0 bridgehead atoms. The average Bonchev–Trinajstić information content (AvgIpc) is 3.26. The Morgan fingerprint density at radius 1 is 1.15 bits per heavy atom. The maximum absolute atomic E-state index is 12.8. The molecule has 0 fully saturated rings. The van der Waals surface area contributed by atoms with E-state index in [4.69, 9.17) is 9.83 Å². The molecule has 1 N–H and O–H groups in total. The molecule has 1 aromatic carbocycles. The van der Waals surface area contributed by atoms with Gasteiger partial charge in [0.2, 0.25) is 10.2 Å². The van der Waals surface area contributed by atoms with Crippen molar-refractivity contribution in [1.82, 2.24) is 5.01 Å². The molecule has 0 atom stereocenters. The fourth-order valence-electron chi connectivity index (χ4n) is 2.44. The molecule has 4 rings (SSSR count). The van der Waals surface area contributed by atoms with E-state index in [0.29, 0.717) is 10.8 Å². The third kappa shape index (κ3) is 3.19. The SMILES string of the molecule is N=C1/C(=C/c2ccc(-c3ccccc3)o2)C(=O)N=C2SC(C(F)(F)F)=NN12. The molecule has 2 aromatic rings. The van der Waals surface area contributed by atoms with Crippen molar-refractivity contribution in [1.29, 1.82) is 5.41 Å². The van der Waals surface area contributed by atoms with Crippen molar-refractivity contribution >= 4 is 39.8 Å². The van der Waals surface area contributed by atoms with E-state index in [9.17, 15) is 18.0 Å². The first-order valence-electron chi connectivity index (χ1n) is 7.55. The van der Waals surface area contributed by atoms with Crippen LogP contribution in [0.2, 0.25) is 0 Å². The van der Waals surface area contributed by atoms with Gasteiger partial charge in [0.25, 0.3) is 5.91 Å². The summed E-state index contributed by atoms with van der Waals surface area (Å²) in [5.74, 6) is -0.493. The molecule has 1 aromatic heterocycles. The zero-order valence-corrected chi connectivity index (χ0v) is 14.1. The van der Waals surface area contributed by atoms with Gasteiger partial charge in [0.1, 0.15) is 11.5 Å². The molecular formula is C17H9F3N4O2S. The molecule has 0 aliphatic carbocycles. The number of fused-ring (bicyclic) bond motifs is 1. The number of carbonyl (C=O) groups is 1. The minimum Gasteiger partial charge on any atom is -0.457 e. The lowest BCUT2D eigenvalue weighted by molar-refractivity contribution is -0.114. The molecule has 0 radical (unpaired) electrons. The van der Waals surface area contributed by atoms with Gasteiger partial charge in [-0.1, -0.05) is 30.3 Å². The van der Waals surface area contributed by atoms with Gasteiger partial charge in [-0.3, -0.25) is 10.2 Å². The van der Waals surface area contributed by atoms with Crippen molar-refractivity contribution in [3.05, 3.63) is 53.8 Å². The third-order valence-corrected chi connectivity index (χ3v) is 4.62. The lowest BCUT2D eigenvalue weighted by atomic mass is 10.1. The van der Waals surface area contributed by atoms with Crippen molar-refractivity contribution in [3.8, 4) is 11.3 Å². The summed E-state index contributed by atoms with van der Waals surface area (Å²) in [6.45, 7) is 0. The Balaban J connectivity index is 1.66. The normalized spacial score (nSPS) is 18.6. The molecule has 3 heterocycles. The number of amidine groups is 2. The number of hydrogen-bond donors (Lipinski definition) is 1. The third-order valence-electron chi connectivity index (χ3n) is 3.67. The number of rotatable bonds is 2. The largest absolute Gasteiger partial charge is 0.457 e. The molecule has 0 saturated carbocycles. The Morgan fingerprint density at radius 3 is 2.59 bits per heavy atom. The van der Waals surface area contributed by atoms with Crippen molar-refractivity contribution < 1.29 is 22.4 Å². The minimum absolute atomic E-state index is 0.207. The van der Waals surface area contributed by atoms with Crippen molar-refractivity contribution in [2.24, 2.45) is 10.1 Å². The maximum Gasteiger partial charge on any atom is 0.441 e. The fraction of sp³-hybridized carbons (Fsp3) is 0.0588. The standard InChI is InChI=1S/C17H9F3N4O2S/c18-17(19,20)15-23-24-13(21)11(14(25)22-16(24)27-15)8-10-6-7-12(26-10)9-4-2-1-3-5-9/h1-8,21H/b11-8-,21-13?. The van der Waals surface area contributed by atoms with Crippen molar-refractivity contribution in [2.75, 3.05) is 0 Å². The van der Waals surface area contributed by atoms with Crippen LogP contribution in [0, 0.1) is 5.41 Å². The van der Waals surface area contributed by atoms with E-state index in [-0.39, 0.29) is 28.3 Å². The summed E-state index contributed by atoms with van der Waals surface area (Å²) in [4.78, 5) is 15.8. The summed E-state index contributed by atoms with van der Waals surface area (Å²) < 4.78 is 44.1. The molecule has 6 nitrogen and oxygen atoms in total. The number of furan rings is 1. The number of halogens is 3. The number of amides is 1. The summed E-state index contributed by atoms with van der Waals surface area (Å²) in [7, 11) is 0.